The Morgan fingerprint density at radius 2 is 1.97 bits per heavy atom. The Bertz CT molecular complexity index is 1130. The van der Waals surface area contributed by atoms with E-state index in [-0.39, 0.29) is 8.67 Å². The Morgan fingerprint density at radius 1 is 1.13 bits per heavy atom. The zero-order chi connectivity index (χ0) is 21.6. The van der Waals surface area contributed by atoms with E-state index in [1.807, 2.05) is 30.3 Å². The van der Waals surface area contributed by atoms with E-state index in [4.69, 9.17) is 0 Å². The van der Waals surface area contributed by atoms with Crippen molar-refractivity contribution >= 4 is 5.95 Å². The van der Waals surface area contributed by atoms with Crippen LogP contribution in [0.1, 0.15) is 21.0 Å². The number of pyridine rings is 1. The van der Waals surface area contributed by atoms with Gasteiger partial charge in [-0.1, -0.05) is 43.9 Å². The molecule has 6 heteroatoms. The summed E-state index contributed by atoms with van der Waals surface area (Å²) in [6.07, 6.45) is 11.7. The summed E-state index contributed by atoms with van der Waals surface area (Å²) in [4.78, 5) is 13.0. The topological polar surface area (TPSA) is 62.7 Å². The predicted octanol–water partition coefficient (Wildman–Crippen LogP) is 5.52. The van der Waals surface area contributed by atoms with Crippen molar-refractivity contribution in [1.29, 1.82) is 0 Å². The van der Waals surface area contributed by atoms with E-state index in [0.717, 1.165) is 28.2 Å². The van der Waals surface area contributed by atoms with Crippen LogP contribution in [-0.4, -0.2) is 15.0 Å². The quantitative estimate of drug-likeness (QED) is 0.505. The average Bonchev–Trinajstić information content (AvgIpc) is 3.19. The summed E-state index contributed by atoms with van der Waals surface area (Å²) in [5, 5.41) is 6.37. The molecular weight excluding hydrogens is 389 g/mol. The van der Waals surface area contributed by atoms with Gasteiger partial charge in [-0.2, -0.15) is 0 Å². The molecule has 31 heavy (non-hydrogen) atoms. The van der Waals surface area contributed by atoms with Crippen LogP contribution in [0.5, 0.6) is 0 Å². The van der Waals surface area contributed by atoms with Crippen molar-refractivity contribution in [1.82, 2.24) is 20.3 Å². The molecule has 1 aromatic carbocycles. The number of halogens is 1. The number of allylic oxidation sites excluding steroid dienone is 4. The highest BCUT2D eigenvalue weighted by Crippen LogP contribution is 2.23. The molecule has 4 rings (SSSR count). The van der Waals surface area contributed by atoms with E-state index >= 15 is 0 Å². The number of anilines is 1. The van der Waals surface area contributed by atoms with Crippen molar-refractivity contribution < 1.29 is 7.24 Å². The number of hydrogen-bond donors (Lipinski definition) is 2. The van der Waals surface area contributed by atoms with Crippen molar-refractivity contribution in [2.45, 2.75) is 19.9 Å². The summed E-state index contributed by atoms with van der Waals surface area (Å²) in [6, 6.07) is 10.9. The maximum absolute atomic E-state index is 14.7. The second-order valence-electron chi connectivity index (χ2n) is 7.52. The van der Waals surface area contributed by atoms with Gasteiger partial charge in [-0.25, -0.2) is 14.4 Å². The largest absolute Gasteiger partial charge is 0.383 e. The highest BCUT2D eigenvalue weighted by molar-refractivity contribution is 5.63. The Balaban J connectivity index is 0.00000193. The van der Waals surface area contributed by atoms with Crippen LogP contribution in [0.15, 0.2) is 91.2 Å². The van der Waals surface area contributed by atoms with Crippen molar-refractivity contribution in [2.24, 2.45) is 5.92 Å². The fourth-order valence-corrected chi connectivity index (χ4v) is 3.28. The van der Waals surface area contributed by atoms with Crippen molar-refractivity contribution in [3.05, 3.63) is 108 Å². The maximum Gasteiger partial charge on any atom is 0.227 e. The molecule has 0 bridgehead atoms. The van der Waals surface area contributed by atoms with E-state index < -0.39 is 0 Å². The van der Waals surface area contributed by atoms with Gasteiger partial charge >= 0.3 is 0 Å². The third-order valence-corrected chi connectivity index (χ3v) is 4.97. The Labute approximate surface area is 184 Å². The lowest BCUT2D eigenvalue weighted by Gasteiger charge is -2.11. The molecule has 1 aliphatic rings. The predicted molar refractivity (Wildman–Crippen MR) is 126 cm³/mol. The molecular formula is C25H28FN5. The average molecular weight is 418 g/mol. The lowest BCUT2D eigenvalue weighted by atomic mass is 10.0. The standard InChI is InChI=1S/C25H24FN5.2H2/c1-17-6-9-22(11-17)31-25-29-14-21(15-30-25)19-7-8-20(24(26)13-19)12-18(2)28-16-23-5-3-4-10-27-23;;/h3-11,13-15,17,28H,2,12,16H2,1H3,(H,29,30,31);2*1H. The number of hydrogen-bond acceptors (Lipinski definition) is 5. The minimum absolute atomic E-state index is 0. The molecule has 0 saturated heterocycles. The molecule has 1 aliphatic carbocycles. The van der Waals surface area contributed by atoms with Crippen LogP contribution >= 0.6 is 0 Å². The van der Waals surface area contributed by atoms with Crippen LogP contribution in [0.4, 0.5) is 10.3 Å². The van der Waals surface area contributed by atoms with E-state index in [1.165, 1.54) is 6.07 Å². The Morgan fingerprint density at radius 3 is 2.65 bits per heavy atom. The number of benzene rings is 1. The monoisotopic (exact) mass is 417 g/mol. The SMILES string of the molecule is C=C(Cc1ccc(-c2cnc(NC3=CC(C)C=C3)nc2)cc1F)NCc1ccccn1.[HH].[HH]. The van der Waals surface area contributed by atoms with E-state index in [2.05, 4.69) is 51.2 Å². The lowest BCUT2D eigenvalue weighted by Crippen LogP contribution is -2.15. The van der Waals surface area contributed by atoms with Gasteiger partial charge < -0.3 is 10.6 Å². The van der Waals surface area contributed by atoms with Crippen LogP contribution in [-0.2, 0) is 13.0 Å². The molecule has 0 spiro atoms. The van der Waals surface area contributed by atoms with Gasteiger partial charge in [0, 0.05) is 44.8 Å². The first-order valence-corrected chi connectivity index (χ1v) is 10.2. The third-order valence-electron chi connectivity index (χ3n) is 4.97. The number of rotatable bonds is 8. The van der Waals surface area contributed by atoms with Gasteiger partial charge in [-0.3, -0.25) is 4.98 Å². The lowest BCUT2D eigenvalue weighted by molar-refractivity contribution is 0.610. The van der Waals surface area contributed by atoms with Crippen molar-refractivity contribution in [2.75, 3.05) is 5.32 Å². The summed E-state index contributed by atoms with van der Waals surface area (Å²) >= 11 is 0. The number of aromatic nitrogens is 3. The van der Waals surface area contributed by atoms with Gasteiger partial charge in [0.25, 0.3) is 0 Å². The van der Waals surface area contributed by atoms with Crippen LogP contribution in [0.25, 0.3) is 11.1 Å². The zero-order valence-electron chi connectivity index (χ0n) is 17.3. The normalized spacial score (nSPS) is 14.9. The van der Waals surface area contributed by atoms with E-state index in [9.17, 15) is 4.39 Å². The van der Waals surface area contributed by atoms with E-state index in [0.29, 0.717) is 30.4 Å². The first-order valence-electron chi connectivity index (χ1n) is 10.2. The van der Waals surface area contributed by atoms with E-state index in [1.54, 1.807) is 24.7 Å². The second-order valence-corrected chi connectivity index (χ2v) is 7.52. The molecule has 160 valence electrons. The summed E-state index contributed by atoms with van der Waals surface area (Å²) in [5.74, 6) is 0.640. The van der Waals surface area contributed by atoms with Gasteiger partial charge in [0.2, 0.25) is 5.95 Å². The smallest absolute Gasteiger partial charge is 0.227 e. The molecule has 0 saturated carbocycles. The fourth-order valence-electron chi connectivity index (χ4n) is 3.28. The van der Waals surface area contributed by atoms with Crippen LogP contribution < -0.4 is 10.6 Å². The van der Waals surface area contributed by atoms with Crippen LogP contribution in [0.3, 0.4) is 0 Å². The Hall–Kier alpha value is -3.80. The highest BCUT2D eigenvalue weighted by Gasteiger charge is 2.09. The molecule has 0 radical (unpaired) electrons. The van der Waals surface area contributed by atoms with Gasteiger partial charge in [-0.05, 0) is 41.3 Å². The first kappa shape index (κ1) is 20.5. The zero-order valence-corrected chi connectivity index (χ0v) is 17.3. The second kappa shape index (κ2) is 9.34. The fraction of sp³-hybridized carbons (Fsp3) is 0.160. The Kier molecular flexibility index (Phi) is 6.17. The van der Waals surface area contributed by atoms with Crippen LogP contribution in [0, 0.1) is 11.7 Å². The summed E-state index contributed by atoms with van der Waals surface area (Å²) < 4.78 is 14.7. The number of nitrogens with zero attached hydrogens (tertiary/aromatic N) is 3. The van der Waals surface area contributed by atoms with Gasteiger partial charge in [-0.15, -0.1) is 0 Å². The molecule has 0 fully saturated rings. The molecule has 3 aromatic rings. The van der Waals surface area contributed by atoms with Crippen molar-refractivity contribution in [3.8, 4) is 11.1 Å². The summed E-state index contributed by atoms with van der Waals surface area (Å²) in [5.41, 5.74) is 4.69. The molecule has 0 amide bonds. The molecule has 2 aromatic heterocycles. The number of nitrogens with one attached hydrogen (secondary N) is 2. The maximum atomic E-state index is 14.7. The molecule has 1 unspecified atom stereocenters. The van der Waals surface area contributed by atoms with Gasteiger partial charge in [0.05, 0.1) is 12.2 Å². The first-order chi connectivity index (χ1) is 15.1. The molecule has 2 heterocycles. The summed E-state index contributed by atoms with van der Waals surface area (Å²) in [6.45, 7) is 6.67. The molecule has 5 nitrogen and oxygen atoms in total. The molecule has 2 N–H and O–H groups in total. The van der Waals surface area contributed by atoms with Crippen LogP contribution in [0.2, 0.25) is 0 Å². The molecule has 1 atom stereocenters. The van der Waals surface area contributed by atoms with Gasteiger partial charge in [0.15, 0.2) is 0 Å². The highest BCUT2D eigenvalue weighted by atomic mass is 19.1. The van der Waals surface area contributed by atoms with Crippen molar-refractivity contribution in [3.63, 3.8) is 0 Å². The summed E-state index contributed by atoms with van der Waals surface area (Å²) in [7, 11) is 0. The van der Waals surface area contributed by atoms with Gasteiger partial charge in [0.1, 0.15) is 5.82 Å². The minimum Gasteiger partial charge on any atom is -0.383 e. The third kappa shape index (κ3) is 5.42. The minimum atomic E-state index is -0.282. The molecule has 0 aliphatic heterocycles.